The van der Waals surface area contributed by atoms with Crippen LogP contribution in [0.1, 0.15) is 41.4 Å². The average Bonchev–Trinajstić information content (AvgIpc) is 2.51. The van der Waals surface area contributed by atoms with Crippen molar-refractivity contribution in [1.82, 2.24) is 10.3 Å². The Morgan fingerprint density at radius 2 is 2.00 bits per heavy atom. The topological polar surface area (TPSA) is 54.0 Å². The Hall–Kier alpha value is -2.36. The van der Waals surface area contributed by atoms with Gasteiger partial charge in [0.1, 0.15) is 5.69 Å². The molecule has 1 aromatic heterocycles. The van der Waals surface area contributed by atoms with Gasteiger partial charge in [-0.3, -0.25) is 4.79 Å². The van der Waals surface area contributed by atoms with Gasteiger partial charge < -0.3 is 10.6 Å². The first-order chi connectivity index (χ1) is 10.6. The molecule has 0 saturated heterocycles. The third-order valence-electron chi connectivity index (χ3n) is 3.47. The maximum atomic E-state index is 11.9. The Morgan fingerprint density at radius 1 is 1.18 bits per heavy atom. The van der Waals surface area contributed by atoms with E-state index in [0.717, 1.165) is 24.2 Å². The molecule has 0 bridgehead atoms. The molecule has 0 spiro atoms. The molecule has 0 atom stereocenters. The van der Waals surface area contributed by atoms with Gasteiger partial charge in [0.05, 0.1) is 11.9 Å². The predicted octanol–water partition coefficient (Wildman–Crippen LogP) is 3.97. The lowest BCUT2D eigenvalue weighted by atomic mass is 10.1. The molecule has 1 aromatic carbocycles. The van der Waals surface area contributed by atoms with Gasteiger partial charge in [-0.25, -0.2) is 4.98 Å². The van der Waals surface area contributed by atoms with Crippen molar-refractivity contribution in [3.8, 4) is 0 Å². The fourth-order valence-corrected chi connectivity index (χ4v) is 2.18. The number of aromatic nitrogens is 1. The summed E-state index contributed by atoms with van der Waals surface area (Å²) in [5, 5.41) is 6.19. The summed E-state index contributed by atoms with van der Waals surface area (Å²) in [6.07, 6.45) is 3.73. The number of rotatable bonds is 6. The highest BCUT2D eigenvalue weighted by molar-refractivity contribution is 5.92. The van der Waals surface area contributed by atoms with Crippen molar-refractivity contribution in [2.24, 2.45) is 0 Å². The number of nitrogens with one attached hydrogen (secondary N) is 2. The highest BCUT2D eigenvalue weighted by atomic mass is 16.1. The summed E-state index contributed by atoms with van der Waals surface area (Å²) in [4.78, 5) is 16.1. The number of anilines is 2. The maximum absolute atomic E-state index is 11.9. The van der Waals surface area contributed by atoms with Gasteiger partial charge >= 0.3 is 0 Å². The average molecular weight is 297 g/mol. The molecule has 0 saturated carbocycles. The van der Waals surface area contributed by atoms with Gasteiger partial charge in [-0.05, 0) is 44.0 Å². The zero-order chi connectivity index (χ0) is 15.9. The van der Waals surface area contributed by atoms with Crippen LogP contribution in [0.15, 0.2) is 36.5 Å². The van der Waals surface area contributed by atoms with E-state index in [1.165, 1.54) is 11.1 Å². The molecular weight excluding hydrogens is 274 g/mol. The van der Waals surface area contributed by atoms with Gasteiger partial charge in [-0.15, -0.1) is 0 Å². The van der Waals surface area contributed by atoms with Crippen LogP contribution < -0.4 is 10.6 Å². The number of carbonyl (C=O) groups is 1. The molecule has 22 heavy (non-hydrogen) atoms. The Bertz CT molecular complexity index is 635. The number of hydrogen-bond acceptors (Lipinski definition) is 3. The third-order valence-corrected chi connectivity index (χ3v) is 3.47. The summed E-state index contributed by atoms with van der Waals surface area (Å²) in [5.74, 6) is -0.119. The molecule has 2 N–H and O–H groups in total. The van der Waals surface area contributed by atoms with Crippen molar-refractivity contribution in [2.75, 3.05) is 11.9 Å². The van der Waals surface area contributed by atoms with E-state index >= 15 is 0 Å². The first-order valence-electron chi connectivity index (χ1n) is 7.68. The van der Waals surface area contributed by atoms with Crippen LogP contribution in [0.4, 0.5) is 11.4 Å². The molecule has 0 aliphatic carbocycles. The van der Waals surface area contributed by atoms with Crippen LogP contribution >= 0.6 is 0 Å². The molecular formula is C18H23N3O. The van der Waals surface area contributed by atoms with Crippen LogP contribution in [0.2, 0.25) is 0 Å². The Morgan fingerprint density at radius 3 is 2.64 bits per heavy atom. The van der Waals surface area contributed by atoms with Crippen LogP contribution in [0.25, 0.3) is 0 Å². The summed E-state index contributed by atoms with van der Waals surface area (Å²) in [6, 6.07) is 9.87. The van der Waals surface area contributed by atoms with Gasteiger partial charge in [0.2, 0.25) is 0 Å². The smallest absolute Gasteiger partial charge is 0.269 e. The zero-order valence-corrected chi connectivity index (χ0v) is 13.4. The lowest BCUT2D eigenvalue weighted by Gasteiger charge is -2.10. The minimum absolute atomic E-state index is 0.119. The zero-order valence-electron chi connectivity index (χ0n) is 13.4. The van der Waals surface area contributed by atoms with Gasteiger partial charge in [0.15, 0.2) is 0 Å². The van der Waals surface area contributed by atoms with Crippen LogP contribution in [0.3, 0.4) is 0 Å². The molecule has 0 fully saturated rings. The molecule has 4 heteroatoms. The molecule has 4 nitrogen and oxygen atoms in total. The number of nitrogens with zero attached hydrogens (tertiary/aromatic N) is 1. The molecule has 1 heterocycles. The van der Waals surface area contributed by atoms with E-state index in [0.29, 0.717) is 12.2 Å². The van der Waals surface area contributed by atoms with E-state index in [1.807, 2.05) is 6.07 Å². The highest BCUT2D eigenvalue weighted by Gasteiger charge is 2.06. The molecule has 1 amide bonds. The van der Waals surface area contributed by atoms with Gasteiger partial charge in [-0.2, -0.15) is 0 Å². The SMILES string of the molecule is CCCCNC(=O)c1ccc(Nc2ccc(C)cc2C)cn1. The second-order valence-corrected chi connectivity index (χ2v) is 5.48. The second-order valence-electron chi connectivity index (χ2n) is 5.48. The van der Waals surface area contributed by atoms with E-state index in [4.69, 9.17) is 0 Å². The predicted molar refractivity (Wildman–Crippen MR) is 90.7 cm³/mol. The van der Waals surface area contributed by atoms with E-state index in [-0.39, 0.29) is 5.91 Å². The molecule has 0 aliphatic heterocycles. The van der Waals surface area contributed by atoms with Crippen LogP contribution in [-0.4, -0.2) is 17.4 Å². The van der Waals surface area contributed by atoms with Gasteiger partial charge in [0, 0.05) is 12.2 Å². The van der Waals surface area contributed by atoms with Crippen molar-refractivity contribution < 1.29 is 4.79 Å². The molecule has 0 radical (unpaired) electrons. The number of aryl methyl sites for hydroxylation is 2. The number of amides is 1. The lowest BCUT2D eigenvalue weighted by molar-refractivity contribution is 0.0948. The van der Waals surface area contributed by atoms with Crippen molar-refractivity contribution in [1.29, 1.82) is 0 Å². The Kier molecular flexibility index (Phi) is 5.53. The van der Waals surface area contributed by atoms with E-state index in [1.54, 1.807) is 12.3 Å². The number of unbranched alkanes of at least 4 members (excludes halogenated alkanes) is 1. The quantitative estimate of drug-likeness (QED) is 0.793. The first-order valence-corrected chi connectivity index (χ1v) is 7.68. The first kappa shape index (κ1) is 16.0. The van der Waals surface area contributed by atoms with Crippen LogP contribution in [0, 0.1) is 13.8 Å². The van der Waals surface area contributed by atoms with Gasteiger partial charge in [-0.1, -0.05) is 31.0 Å². The monoisotopic (exact) mass is 297 g/mol. The highest BCUT2D eigenvalue weighted by Crippen LogP contribution is 2.21. The maximum Gasteiger partial charge on any atom is 0.269 e. The van der Waals surface area contributed by atoms with E-state index < -0.39 is 0 Å². The van der Waals surface area contributed by atoms with Crippen molar-refractivity contribution in [3.63, 3.8) is 0 Å². The summed E-state index contributed by atoms with van der Waals surface area (Å²) in [5.41, 5.74) is 4.79. The standard InChI is InChI=1S/C18H23N3O/c1-4-5-10-19-18(22)17-9-7-15(12-20-17)21-16-8-6-13(2)11-14(16)3/h6-9,11-12,21H,4-5,10H2,1-3H3,(H,19,22). The number of hydrogen-bond donors (Lipinski definition) is 2. The Balaban J connectivity index is 2.01. The normalized spacial score (nSPS) is 10.3. The van der Waals surface area contributed by atoms with Crippen LogP contribution in [-0.2, 0) is 0 Å². The number of pyridine rings is 1. The summed E-state index contributed by atoms with van der Waals surface area (Å²) in [7, 11) is 0. The molecule has 2 rings (SSSR count). The Labute approximate surface area is 132 Å². The number of carbonyl (C=O) groups excluding carboxylic acids is 1. The lowest BCUT2D eigenvalue weighted by Crippen LogP contribution is -2.25. The summed E-state index contributed by atoms with van der Waals surface area (Å²) < 4.78 is 0. The third kappa shape index (κ3) is 4.32. The van der Waals surface area contributed by atoms with Crippen LogP contribution in [0.5, 0.6) is 0 Å². The van der Waals surface area contributed by atoms with Gasteiger partial charge in [0.25, 0.3) is 5.91 Å². The second kappa shape index (κ2) is 7.59. The largest absolute Gasteiger partial charge is 0.354 e. The fraction of sp³-hybridized carbons (Fsp3) is 0.333. The molecule has 116 valence electrons. The van der Waals surface area contributed by atoms with E-state index in [9.17, 15) is 4.79 Å². The fourth-order valence-electron chi connectivity index (χ4n) is 2.18. The molecule has 0 unspecified atom stereocenters. The number of benzene rings is 1. The van der Waals surface area contributed by atoms with Crippen molar-refractivity contribution in [2.45, 2.75) is 33.6 Å². The molecule has 0 aliphatic rings. The minimum Gasteiger partial charge on any atom is -0.354 e. The van der Waals surface area contributed by atoms with E-state index in [2.05, 4.69) is 54.6 Å². The summed E-state index contributed by atoms with van der Waals surface area (Å²) >= 11 is 0. The molecule has 2 aromatic rings. The minimum atomic E-state index is -0.119. The summed E-state index contributed by atoms with van der Waals surface area (Å²) in [6.45, 7) is 6.93. The van der Waals surface area contributed by atoms with Crippen molar-refractivity contribution >= 4 is 17.3 Å². The van der Waals surface area contributed by atoms with Crippen molar-refractivity contribution in [3.05, 3.63) is 53.3 Å².